The van der Waals surface area contributed by atoms with Crippen LogP contribution in [0.15, 0.2) is 24.3 Å². The molecule has 0 bridgehead atoms. The maximum absolute atomic E-state index is 12.4. The zero-order valence-electron chi connectivity index (χ0n) is 12.1. The molecular weight excluding hydrogens is 254 g/mol. The Morgan fingerprint density at radius 3 is 2.55 bits per heavy atom. The van der Waals surface area contributed by atoms with E-state index in [0.29, 0.717) is 17.7 Å². The Hall–Kier alpha value is -2.35. The first-order chi connectivity index (χ1) is 9.49. The molecule has 0 radical (unpaired) electrons. The van der Waals surface area contributed by atoms with Gasteiger partial charge in [-0.3, -0.25) is 9.59 Å². The molecule has 0 unspecified atom stereocenters. The predicted molar refractivity (Wildman–Crippen MR) is 76.0 cm³/mol. The van der Waals surface area contributed by atoms with Crippen molar-refractivity contribution in [3.05, 3.63) is 35.4 Å². The van der Waals surface area contributed by atoms with Crippen LogP contribution in [0.3, 0.4) is 0 Å². The third-order valence-electron chi connectivity index (χ3n) is 2.84. The average Bonchev–Trinajstić information content (AvgIpc) is 2.45. The third kappa shape index (κ3) is 4.09. The molecular formula is C15H19N3O2. The number of likely N-dealkylation sites (N-methyl/N-ethyl adjacent to an activating group) is 1. The standard InChI is InChI=1S/C15H19N3O2/c1-4-8-18(11-14(19)17(2)3)15(20)13-7-5-6-12(9-13)10-16/h5-7,9H,4,8,11H2,1-3H3. The normalized spacial score (nSPS) is 9.70. The summed E-state index contributed by atoms with van der Waals surface area (Å²) in [6.07, 6.45) is 0.768. The van der Waals surface area contributed by atoms with Crippen LogP contribution in [-0.4, -0.2) is 48.8 Å². The lowest BCUT2D eigenvalue weighted by Crippen LogP contribution is -2.40. The molecule has 0 saturated heterocycles. The van der Waals surface area contributed by atoms with E-state index >= 15 is 0 Å². The molecule has 0 aliphatic rings. The summed E-state index contributed by atoms with van der Waals surface area (Å²) in [6, 6.07) is 8.53. The fourth-order valence-corrected chi connectivity index (χ4v) is 1.73. The highest BCUT2D eigenvalue weighted by atomic mass is 16.2. The predicted octanol–water partition coefficient (Wildman–Crippen LogP) is 1.50. The summed E-state index contributed by atoms with van der Waals surface area (Å²) in [5, 5.41) is 8.87. The van der Waals surface area contributed by atoms with Gasteiger partial charge in [-0.05, 0) is 24.6 Å². The van der Waals surface area contributed by atoms with Crippen LogP contribution >= 0.6 is 0 Å². The van der Waals surface area contributed by atoms with Crippen molar-refractivity contribution < 1.29 is 9.59 Å². The minimum atomic E-state index is -0.223. The van der Waals surface area contributed by atoms with Gasteiger partial charge in [0.05, 0.1) is 11.6 Å². The van der Waals surface area contributed by atoms with E-state index in [-0.39, 0.29) is 18.4 Å². The Kier molecular flexibility index (Phi) is 5.73. The second-order valence-electron chi connectivity index (χ2n) is 4.71. The molecule has 0 saturated carbocycles. The van der Waals surface area contributed by atoms with Crippen LogP contribution < -0.4 is 0 Å². The molecule has 106 valence electrons. The van der Waals surface area contributed by atoms with Crippen LogP contribution in [-0.2, 0) is 4.79 Å². The molecule has 0 aromatic heterocycles. The monoisotopic (exact) mass is 273 g/mol. The molecule has 0 N–H and O–H groups in total. The molecule has 0 aliphatic heterocycles. The van der Waals surface area contributed by atoms with Crippen molar-refractivity contribution in [1.82, 2.24) is 9.80 Å². The molecule has 5 heteroatoms. The highest BCUT2D eigenvalue weighted by Gasteiger charge is 2.19. The molecule has 0 fully saturated rings. The fourth-order valence-electron chi connectivity index (χ4n) is 1.73. The highest BCUT2D eigenvalue weighted by molar-refractivity contribution is 5.96. The van der Waals surface area contributed by atoms with E-state index in [1.807, 2.05) is 13.0 Å². The van der Waals surface area contributed by atoms with Crippen molar-refractivity contribution in [2.45, 2.75) is 13.3 Å². The van der Waals surface area contributed by atoms with Crippen molar-refractivity contribution in [1.29, 1.82) is 5.26 Å². The van der Waals surface area contributed by atoms with Crippen molar-refractivity contribution in [3.63, 3.8) is 0 Å². The van der Waals surface area contributed by atoms with Gasteiger partial charge in [-0.2, -0.15) is 5.26 Å². The first-order valence-corrected chi connectivity index (χ1v) is 6.49. The van der Waals surface area contributed by atoms with Crippen molar-refractivity contribution in [2.24, 2.45) is 0 Å². The van der Waals surface area contributed by atoms with E-state index < -0.39 is 0 Å². The Morgan fingerprint density at radius 2 is 2.00 bits per heavy atom. The number of benzene rings is 1. The van der Waals surface area contributed by atoms with Gasteiger partial charge in [0.25, 0.3) is 5.91 Å². The smallest absolute Gasteiger partial charge is 0.254 e. The lowest BCUT2D eigenvalue weighted by molar-refractivity contribution is -0.129. The number of amides is 2. The second-order valence-corrected chi connectivity index (χ2v) is 4.71. The first kappa shape index (κ1) is 15.7. The molecule has 1 rings (SSSR count). The lowest BCUT2D eigenvalue weighted by atomic mass is 10.1. The van der Waals surface area contributed by atoms with Gasteiger partial charge in [0, 0.05) is 26.2 Å². The van der Waals surface area contributed by atoms with Gasteiger partial charge in [0.15, 0.2) is 0 Å². The summed E-state index contributed by atoms with van der Waals surface area (Å²) in [5.74, 6) is -0.345. The Balaban J connectivity index is 2.93. The first-order valence-electron chi connectivity index (χ1n) is 6.49. The largest absolute Gasteiger partial charge is 0.347 e. The fraction of sp³-hybridized carbons (Fsp3) is 0.400. The van der Waals surface area contributed by atoms with E-state index in [1.54, 1.807) is 38.4 Å². The Labute approximate surface area is 119 Å². The minimum Gasteiger partial charge on any atom is -0.347 e. The zero-order chi connectivity index (χ0) is 15.1. The number of rotatable bonds is 5. The van der Waals surface area contributed by atoms with Gasteiger partial charge in [0.1, 0.15) is 6.54 Å². The number of carbonyl (C=O) groups is 2. The topological polar surface area (TPSA) is 64.4 Å². The molecule has 0 atom stereocenters. The molecule has 20 heavy (non-hydrogen) atoms. The van der Waals surface area contributed by atoms with E-state index in [9.17, 15) is 9.59 Å². The molecule has 2 amide bonds. The van der Waals surface area contributed by atoms with Crippen molar-refractivity contribution >= 4 is 11.8 Å². The molecule has 1 aromatic rings. The van der Waals surface area contributed by atoms with Crippen LogP contribution in [0.5, 0.6) is 0 Å². The maximum Gasteiger partial charge on any atom is 0.254 e. The Bertz CT molecular complexity index is 532. The molecule has 0 aliphatic carbocycles. The molecule has 0 spiro atoms. The maximum atomic E-state index is 12.4. The van der Waals surface area contributed by atoms with E-state index in [4.69, 9.17) is 5.26 Å². The molecule has 1 aromatic carbocycles. The Morgan fingerprint density at radius 1 is 1.30 bits per heavy atom. The van der Waals surface area contributed by atoms with E-state index in [2.05, 4.69) is 0 Å². The second kappa shape index (κ2) is 7.29. The summed E-state index contributed by atoms with van der Waals surface area (Å²) in [6.45, 7) is 2.51. The summed E-state index contributed by atoms with van der Waals surface area (Å²) < 4.78 is 0. The quantitative estimate of drug-likeness (QED) is 0.816. The average molecular weight is 273 g/mol. The van der Waals surface area contributed by atoms with Gasteiger partial charge in [-0.25, -0.2) is 0 Å². The molecule has 5 nitrogen and oxygen atoms in total. The van der Waals surface area contributed by atoms with Crippen LogP contribution in [0.25, 0.3) is 0 Å². The molecule has 0 heterocycles. The minimum absolute atomic E-state index is 0.0520. The summed E-state index contributed by atoms with van der Waals surface area (Å²) >= 11 is 0. The van der Waals surface area contributed by atoms with Gasteiger partial charge in [-0.1, -0.05) is 13.0 Å². The van der Waals surface area contributed by atoms with Crippen LogP contribution in [0.2, 0.25) is 0 Å². The number of nitrogens with zero attached hydrogens (tertiary/aromatic N) is 3. The van der Waals surface area contributed by atoms with Crippen LogP contribution in [0.4, 0.5) is 0 Å². The van der Waals surface area contributed by atoms with Crippen molar-refractivity contribution in [3.8, 4) is 6.07 Å². The number of hydrogen-bond donors (Lipinski definition) is 0. The SMILES string of the molecule is CCCN(CC(=O)N(C)C)C(=O)c1cccc(C#N)c1. The third-order valence-corrected chi connectivity index (χ3v) is 2.84. The van der Waals surface area contributed by atoms with Gasteiger partial charge in [-0.15, -0.1) is 0 Å². The van der Waals surface area contributed by atoms with Gasteiger partial charge in [0.2, 0.25) is 5.91 Å². The van der Waals surface area contributed by atoms with Crippen LogP contribution in [0, 0.1) is 11.3 Å². The van der Waals surface area contributed by atoms with Crippen molar-refractivity contribution in [2.75, 3.05) is 27.2 Å². The number of hydrogen-bond acceptors (Lipinski definition) is 3. The number of nitriles is 1. The van der Waals surface area contributed by atoms with E-state index in [0.717, 1.165) is 6.42 Å². The summed E-state index contributed by atoms with van der Waals surface area (Å²) in [4.78, 5) is 27.1. The number of carbonyl (C=O) groups excluding carboxylic acids is 2. The van der Waals surface area contributed by atoms with E-state index in [1.165, 1.54) is 9.80 Å². The lowest BCUT2D eigenvalue weighted by Gasteiger charge is -2.23. The summed E-state index contributed by atoms with van der Waals surface area (Å²) in [5.41, 5.74) is 0.871. The van der Waals surface area contributed by atoms with Crippen LogP contribution in [0.1, 0.15) is 29.3 Å². The highest BCUT2D eigenvalue weighted by Crippen LogP contribution is 2.09. The van der Waals surface area contributed by atoms with Gasteiger partial charge >= 0.3 is 0 Å². The zero-order valence-corrected chi connectivity index (χ0v) is 12.1. The summed E-state index contributed by atoms with van der Waals surface area (Å²) in [7, 11) is 3.32. The van der Waals surface area contributed by atoms with Gasteiger partial charge < -0.3 is 9.80 Å².